The molecule has 3 rings (SSSR count). The van der Waals surface area contributed by atoms with Gasteiger partial charge in [0.05, 0.1) is 11.4 Å². The molecule has 0 spiro atoms. The molecule has 26 heavy (non-hydrogen) atoms. The summed E-state index contributed by atoms with van der Waals surface area (Å²) in [5.41, 5.74) is 1.75. The smallest absolute Gasteiger partial charge is 0.256 e. The summed E-state index contributed by atoms with van der Waals surface area (Å²) in [5.74, 6) is 0.211. The molecule has 0 bridgehead atoms. The number of carbonyl (C=O) groups is 1. The van der Waals surface area contributed by atoms with Gasteiger partial charge < -0.3 is 9.73 Å². The van der Waals surface area contributed by atoms with Gasteiger partial charge in [-0.2, -0.15) is 0 Å². The highest BCUT2D eigenvalue weighted by Gasteiger charge is 2.17. The molecule has 0 aliphatic heterocycles. The molecule has 0 saturated carbocycles. The summed E-state index contributed by atoms with van der Waals surface area (Å²) in [4.78, 5) is 16.5. The van der Waals surface area contributed by atoms with Crippen molar-refractivity contribution in [3.05, 3.63) is 70.6 Å². The fourth-order valence-corrected chi connectivity index (χ4v) is 3.37. The average molecular weight is 435 g/mol. The third-order valence-electron chi connectivity index (χ3n) is 3.62. The molecule has 0 fully saturated rings. The van der Waals surface area contributed by atoms with Gasteiger partial charge in [0, 0.05) is 16.6 Å². The third-order valence-corrected chi connectivity index (χ3v) is 5.07. The van der Waals surface area contributed by atoms with Crippen molar-refractivity contribution in [1.82, 2.24) is 10.3 Å². The lowest BCUT2D eigenvalue weighted by Crippen LogP contribution is -2.30. The minimum atomic E-state index is -0.371. The van der Waals surface area contributed by atoms with E-state index in [-0.39, 0.29) is 17.0 Å². The lowest BCUT2D eigenvalue weighted by atomic mass is 10.2. The molecule has 2 aromatic carbocycles. The molecule has 0 radical (unpaired) electrons. The minimum absolute atomic E-state index is 0.137. The molecule has 1 atom stereocenters. The Hall–Kier alpha value is -2.12. The number of oxazole rings is 1. The zero-order valence-electron chi connectivity index (χ0n) is 13.9. The second-order valence-electron chi connectivity index (χ2n) is 5.61. The monoisotopic (exact) mass is 434 g/mol. The van der Waals surface area contributed by atoms with Crippen LogP contribution < -0.4 is 5.32 Å². The Balaban J connectivity index is 1.56. The van der Waals surface area contributed by atoms with Crippen LogP contribution >= 0.6 is 27.7 Å². The molecule has 3 aromatic rings. The van der Waals surface area contributed by atoms with Gasteiger partial charge in [0.25, 0.3) is 5.22 Å². The Morgan fingerprint density at radius 2 is 2.08 bits per heavy atom. The van der Waals surface area contributed by atoms with E-state index in [0.29, 0.717) is 17.5 Å². The van der Waals surface area contributed by atoms with Crippen molar-refractivity contribution in [3.63, 3.8) is 0 Å². The summed E-state index contributed by atoms with van der Waals surface area (Å²) in [5, 5.41) is 2.89. The average Bonchev–Trinajstić information content (AvgIpc) is 3.09. The lowest BCUT2D eigenvalue weighted by Gasteiger charge is -2.10. The van der Waals surface area contributed by atoms with Gasteiger partial charge in [-0.3, -0.25) is 4.79 Å². The predicted octanol–water partition coefficient (Wildman–Crippen LogP) is 5.04. The first kappa shape index (κ1) is 18.7. The topological polar surface area (TPSA) is 55.1 Å². The van der Waals surface area contributed by atoms with Crippen LogP contribution in [0.5, 0.6) is 0 Å². The highest BCUT2D eigenvalue weighted by atomic mass is 79.9. The van der Waals surface area contributed by atoms with Crippen molar-refractivity contribution < 1.29 is 13.6 Å². The van der Waals surface area contributed by atoms with E-state index in [1.54, 1.807) is 25.3 Å². The van der Waals surface area contributed by atoms with E-state index in [9.17, 15) is 9.18 Å². The molecule has 134 valence electrons. The molecule has 4 nitrogen and oxygen atoms in total. The molecular weight excluding hydrogens is 419 g/mol. The fraction of sp³-hybridized carbons (Fsp3) is 0.158. The molecule has 1 unspecified atom stereocenters. The molecule has 1 amide bonds. The summed E-state index contributed by atoms with van der Waals surface area (Å²) in [6.07, 6.45) is 1.65. The van der Waals surface area contributed by atoms with Crippen molar-refractivity contribution in [3.8, 4) is 11.3 Å². The quantitative estimate of drug-likeness (QED) is 0.552. The molecule has 1 heterocycles. The molecular formula is C19H16BrFN2O2S. The van der Waals surface area contributed by atoms with Crippen LogP contribution in [0.3, 0.4) is 0 Å². The van der Waals surface area contributed by atoms with E-state index >= 15 is 0 Å². The van der Waals surface area contributed by atoms with Crippen LogP contribution in [0.2, 0.25) is 0 Å². The van der Waals surface area contributed by atoms with E-state index in [1.807, 2.05) is 24.3 Å². The zero-order chi connectivity index (χ0) is 18.5. The van der Waals surface area contributed by atoms with Gasteiger partial charge >= 0.3 is 0 Å². The normalized spacial score (nSPS) is 12.0. The highest BCUT2D eigenvalue weighted by molar-refractivity contribution is 9.10. The van der Waals surface area contributed by atoms with Gasteiger partial charge in [0.2, 0.25) is 5.91 Å². The molecule has 0 saturated heterocycles. The van der Waals surface area contributed by atoms with Gasteiger partial charge in [-0.05, 0) is 36.8 Å². The van der Waals surface area contributed by atoms with Crippen LogP contribution in [0.4, 0.5) is 4.39 Å². The molecule has 7 heteroatoms. The predicted molar refractivity (Wildman–Crippen MR) is 103 cm³/mol. The first-order chi connectivity index (χ1) is 12.5. The van der Waals surface area contributed by atoms with E-state index in [4.69, 9.17) is 4.42 Å². The van der Waals surface area contributed by atoms with E-state index in [2.05, 4.69) is 26.2 Å². The molecule has 0 aliphatic carbocycles. The maximum Gasteiger partial charge on any atom is 0.256 e. The van der Waals surface area contributed by atoms with E-state index in [0.717, 1.165) is 15.6 Å². The first-order valence-electron chi connectivity index (χ1n) is 7.92. The number of nitrogens with zero attached hydrogens (tertiary/aromatic N) is 1. The maximum absolute atomic E-state index is 12.9. The van der Waals surface area contributed by atoms with Crippen molar-refractivity contribution >= 4 is 33.6 Å². The van der Waals surface area contributed by atoms with Crippen molar-refractivity contribution in [2.75, 3.05) is 0 Å². The van der Waals surface area contributed by atoms with E-state index in [1.165, 1.54) is 23.9 Å². The highest BCUT2D eigenvalue weighted by Crippen LogP contribution is 2.29. The first-order valence-corrected chi connectivity index (χ1v) is 9.59. The number of thioether (sulfide) groups is 1. The number of rotatable bonds is 6. The number of amides is 1. The molecule has 1 aromatic heterocycles. The summed E-state index contributed by atoms with van der Waals surface area (Å²) in [6.45, 7) is 2.13. The van der Waals surface area contributed by atoms with Gasteiger partial charge in [0.15, 0.2) is 5.76 Å². The second kappa shape index (κ2) is 8.51. The SMILES string of the molecule is CC(Sc1ncc(-c2cccc(Br)c2)o1)C(=O)NCc1ccc(F)cc1. The lowest BCUT2D eigenvalue weighted by molar-refractivity contribution is -0.120. The Bertz CT molecular complexity index is 899. The van der Waals surface area contributed by atoms with Crippen LogP contribution in [0.15, 0.2) is 68.8 Å². The zero-order valence-corrected chi connectivity index (χ0v) is 16.3. The Morgan fingerprint density at radius 1 is 1.31 bits per heavy atom. The third kappa shape index (κ3) is 4.95. The van der Waals surface area contributed by atoms with Gasteiger partial charge in [-0.25, -0.2) is 9.37 Å². The van der Waals surface area contributed by atoms with Crippen LogP contribution in [0, 0.1) is 5.82 Å². The summed E-state index contributed by atoms with van der Waals surface area (Å²) >= 11 is 4.67. The number of halogens is 2. The van der Waals surface area contributed by atoms with Crippen molar-refractivity contribution in [2.45, 2.75) is 23.9 Å². The number of hydrogen-bond donors (Lipinski definition) is 1. The van der Waals surface area contributed by atoms with Crippen LogP contribution in [0.25, 0.3) is 11.3 Å². The Kier molecular flexibility index (Phi) is 6.11. The fourth-order valence-electron chi connectivity index (χ4n) is 2.23. The van der Waals surface area contributed by atoms with Crippen LogP contribution in [-0.2, 0) is 11.3 Å². The summed E-state index contributed by atoms with van der Waals surface area (Å²) < 4.78 is 19.6. The number of aromatic nitrogens is 1. The van der Waals surface area contributed by atoms with Crippen molar-refractivity contribution in [2.24, 2.45) is 0 Å². The van der Waals surface area contributed by atoms with E-state index < -0.39 is 0 Å². The molecule has 0 aliphatic rings. The Labute approximate surface area is 163 Å². The van der Waals surface area contributed by atoms with Crippen LogP contribution in [-0.4, -0.2) is 16.1 Å². The molecule has 1 N–H and O–H groups in total. The number of benzene rings is 2. The summed E-state index contributed by atoms with van der Waals surface area (Å²) in [6, 6.07) is 13.7. The largest absolute Gasteiger partial charge is 0.431 e. The van der Waals surface area contributed by atoms with Gasteiger partial charge in [0.1, 0.15) is 5.82 Å². The van der Waals surface area contributed by atoms with Gasteiger partial charge in [-0.15, -0.1) is 0 Å². The second-order valence-corrected chi connectivity index (χ2v) is 7.81. The minimum Gasteiger partial charge on any atom is -0.431 e. The van der Waals surface area contributed by atoms with Gasteiger partial charge in [-0.1, -0.05) is 52.0 Å². The number of nitrogens with one attached hydrogen (secondary N) is 1. The number of carbonyl (C=O) groups excluding carboxylic acids is 1. The van der Waals surface area contributed by atoms with Crippen LogP contribution in [0.1, 0.15) is 12.5 Å². The number of hydrogen-bond acceptors (Lipinski definition) is 4. The maximum atomic E-state index is 12.9. The summed E-state index contributed by atoms with van der Waals surface area (Å²) in [7, 11) is 0. The van der Waals surface area contributed by atoms with Crippen molar-refractivity contribution in [1.29, 1.82) is 0 Å². The Morgan fingerprint density at radius 3 is 2.81 bits per heavy atom. The standard InChI is InChI=1S/C19H16BrFN2O2S/c1-12(18(24)22-10-13-5-7-16(21)8-6-13)26-19-23-11-17(25-19)14-3-2-4-15(20)9-14/h2-9,11-12H,10H2,1H3,(H,22,24).